The standard InChI is InChI=1S/C28H42O5/c1-27(2)21-8-9-28(27,3)22(13-21)33-26(30)24-19-7-6-18(12-19)23(24)25(29)32-15-31-14-20-11-16-4-5-17(20)10-16/h16-24H,4-15H2,1-3H3. The molecule has 0 saturated heterocycles. The number of rotatable bonds is 7. The minimum absolute atomic E-state index is 0.0142. The molecule has 0 aliphatic heterocycles. The summed E-state index contributed by atoms with van der Waals surface area (Å²) in [5.74, 6) is 2.47. The van der Waals surface area contributed by atoms with Crippen LogP contribution in [-0.2, 0) is 23.8 Å². The Morgan fingerprint density at radius 2 is 1.55 bits per heavy atom. The van der Waals surface area contributed by atoms with Crippen molar-refractivity contribution >= 4 is 11.9 Å². The van der Waals surface area contributed by atoms with Crippen molar-refractivity contribution in [3.05, 3.63) is 0 Å². The van der Waals surface area contributed by atoms with Crippen molar-refractivity contribution in [1.82, 2.24) is 0 Å². The number of hydrogen-bond donors (Lipinski definition) is 0. The predicted octanol–water partition coefficient (Wildman–Crippen LogP) is 5.36. The van der Waals surface area contributed by atoms with E-state index in [0.29, 0.717) is 18.4 Å². The van der Waals surface area contributed by atoms with Crippen LogP contribution >= 0.6 is 0 Å². The fourth-order valence-corrected chi connectivity index (χ4v) is 9.47. The molecule has 0 radical (unpaired) electrons. The molecule has 6 aliphatic rings. The highest BCUT2D eigenvalue weighted by atomic mass is 16.7. The first kappa shape index (κ1) is 22.4. The van der Waals surface area contributed by atoms with E-state index in [1.54, 1.807) is 0 Å². The van der Waals surface area contributed by atoms with Gasteiger partial charge in [-0.1, -0.05) is 27.2 Å². The van der Waals surface area contributed by atoms with E-state index in [4.69, 9.17) is 14.2 Å². The zero-order chi connectivity index (χ0) is 23.0. The number of carbonyl (C=O) groups is 2. The molecule has 0 heterocycles. The normalized spacial score (nSPS) is 48.5. The molecular weight excluding hydrogens is 416 g/mol. The molecule has 33 heavy (non-hydrogen) atoms. The Hall–Kier alpha value is -1.10. The van der Waals surface area contributed by atoms with E-state index in [1.165, 1.54) is 32.1 Å². The van der Waals surface area contributed by atoms with E-state index in [2.05, 4.69) is 20.8 Å². The first-order chi connectivity index (χ1) is 15.8. The molecule has 6 rings (SSSR count). The summed E-state index contributed by atoms with van der Waals surface area (Å²) in [5, 5.41) is 0. The average molecular weight is 459 g/mol. The van der Waals surface area contributed by atoms with Gasteiger partial charge in [0.1, 0.15) is 6.10 Å². The SMILES string of the molecule is CC1(C)C2CCC1(C)C(OC(=O)C1C3CCC(C3)C1C(=O)OCOCC1CC3CCC1C3)C2. The monoisotopic (exact) mass is 458 g/mol. The Bertz CT molecular complexity index is 806. The lowest BCUT2D eigenvalue weighted by Crippen LogP contribution is -2.42. The zero-order valence-corrected chi connectivity index (χ0v) is 20.7. The molecule has 6 aliphatic carbocycles. The van der Waals surface area contributed by atoms with Crippen LogP contribution in [0.4, 0.5) is 0 Å². The molecule has 10 atom stereocenters. The maximum atomic E-state index is 13.5. The quantitative estimate of drug-likeness (QED) is 0.292. The van der Waals surface area contributed by atoms with Gasteiger partial charge in [-0.3, -0.25) is 9.59 Å². The Morgan fingerprint density at radius 1 is 0.818 bits per heavy atom. The molecule has 0 N–H and O–H groups in total. The van der Waals surface area contributed by atoms with E-state index >= 15 is 0 Å². The smallest absolute Gasteiger partial charge is 0.312 e. The molecule has 0 spiro atoms. The molecule has 0 aromatic heterocycles. The summed E-state index contributed by atoms with van der Waals surface area (Å²) < 4.78 is 17.6. The first-order valence-electron chi connectivity index (χ1n) is 13.7. The molecule has 6 fully saturated rings. The minimum Gasteiger partial charge on any atom is -0.462 e. The maximum absolute atomic E-state index is 13.5. The summed E-state index contributed by atoms with van der Waals surface area (Å²) in [5.41, 5.74) is 0.260. The third-order valence-corrected chi connectivity index (χ3v) is 11.9. The van der Waals surface area contributed by atoms with Crippen molar-refractivity contribution in [1.29, 1.82) is 0 Å². The number of carbonyl (C=O) groups excluding carboxylic acids is 2. The van der Waals surface area contributed by atoms with Crippen LogP contribution in [-0.4, -0.2) is 31.4 Å². The summed E-state index contributed by atoms with van der Waals surface area (Å²) in [6.45, 7) is 7.71. The summed E-state index contributed by atoms with van der Waals surface area (Å²) >= 11 is 0. The third kappa shape index (κ3) is 3.42. The Balaban J connectivity index is 1.05. The van der Waals surface area contributed by atoms with Crippen LogP contribution in [0.5, 0.6) is 0 Å². The third-order valence-electron chi connectivity index (χ3n) is 11.9. The van der Waals surface area contributed by atoms with E-state index in [0.717, 1.165) is 43.9 Å². The van der Waals surface area contributed by atoms with Crippen molar-refractivity contribution in [2.45, 2.75) is 91.1 Å². The van der Waals surface area contributed by atoms with Crippen LogP contribution in [0.25, 0.3) is 0 Å². The number of esters is 2. The van der Waals surface area contributed by atoms with Crippen molar-refractivity contribution in [3.8, 4) is 0 Å². The highest BCUT2D eigenvalue weighted by Crippen LogP contribution is 2.66. The first-order valence-corrected chi connectivity index (χ1v) is 13.7. The lowest BCUT2D eigenvalue weighted by Gasteiger charge is -2.39. The molecule has 5 nitrogen and oxygen atoms in total. The second-order valence-electron chi connectivity index (χ2n) is 13.3. The van der Waals surface area contributed by atoms with Crippen LogP contribution in [0.3, 0.4) is 0 Å². The summed E-state index contributed by atoms with van der Waals surface area (Å²) in [7, 11) is 0. The van der Waals surface area contributed by atoms with Gasteiger partial charge in [-0.2, -0.15) is 0 Å². The predicted molar refractivity (Wildman–Crippen MR) is 123 cm³/mol. The van der Waals surface area contributed by atoms with Crippen LogP contribution in [0.15, 0.2) is 0 Å². The van der Waals surface area contributed by atoms with Gasteiger partial charge < -0.3 is 14.2 Å². The summed E-state index contributed by atoms with van der Waals surface area (Å²) in [6, 6.07) is 0. The fraction of sp³-hybridized carbons (Fsp3) is 0.929. The van der Waals surface area contributed by atoms with Crippen molar-refractivity contribution in [3.63, 3.8) is 0 Å². The molecule has 0 aromatic rings. The lowest BCUT2D eigenvalue weighted by molar-refractivity contribution is -0.177. The lowest BCUT2D eigenvalue weighted by atomic mass is 9.70. The van der Waals surface area contributed by atoms with Crippen molar-refractivity contribution < 1.29 is 23.8 Å². The van der Waals surface area contributed by atoms with Gasteiger partial charge in [-0.05, 0) is 98.7 Å². The average Bonchev–Trinajstić information content (AvgIpc) is 3.61. The van der Waals surface area contributed by atoms with Crippen LogP contribution in [0.2, 0.25) is 0 Å². The van der Waals surface area contributed by atoms with Gasteiger partial charge in [0.15, 0.2) is 6.79 Å². The largest absolute Gasteiger partial charge is 0.462 e. The van der Waals surface area contributed by atoms with Crippen LogP contribution in [0.1, 0.15) is 85.0 Å². The topological polar surface area (TPSA) is 61.8 Å². The van der Waals surface area contributed by atoms with Gasteiger partial charge in [-0.15, -0.1) is 0 Å². The van der Waals surface area contributed by atoms with Gasteiger partial charge in [0.25, 0.3) is 0 Å². The van der Waals surface area contributed by atoms with Gasteiger partial charge in [0, 0.05) is 5.41 Å². The number of ether oxygens (including phenoxy) is 3. The molecule has 0 amide bonds. The van der Waals surface area contributed by atoms with E-state index in [1.807, 2.05) is 0 Å². The molecule has 6 saturated carbocycles. The van der Waals surface area contributed by atoms with E-state index in [9.17, 15) is 9.59 Å². The highest BCUT2D eigenvalue weighted by molar-refractivity contribution is 5.84. The zero-order valence-electron chi connectivity index (χ0n) is 20.7. The Labute approximate surface area is 198 Å². The highest BCUT2D eigenvalue weighted by Gasteiger charge is 2.64. The molecule has 5 heteroatoms. The van der Waals surface area contributed by atoms with Gasteiger partial charge in [0.05, 0.1) is 18.4 Å². The van der Waals surface area contributed by atoms with Crippen molar-refractivity contribution in [2.75, 3.05) is 13.4 Å². The number of fused-ring (bicyclic) bond motifs is 6. The Morgan fingerprint density at radius 3 is 2.15 bits per heavy atom. The van der Waals surface area contributed by atoms with Gasteiger partial charge >= 0.3 is 11.9 Å². The minimum atomic E-state index is -0.346. The van der Waals surface area contributed by atoms with Gasteiger partial charge in [0.2, 0.25) is 0 Å². The van der Waals surface area contributed by atoms with E-state index < -0.39 is 0 Å². The number of hydrogen-bond acceptors (Lipinski definition) is 5. The molecule has 10 unspecified atom stereocenters. The molecule has 184 valence electrons. The summed E-state index contributed by atoms with van der Waals surface area (Å²) in [4.78, 5) is 26.5. The van der Waals surface area contributed by atoms with Crippen LogP contribution in [0, 0.1) is 58.2 Å². The maximum Gasteiger partial charge on any atom is 0.312 e. The van der Waals surface area contributed by atoms with E-state index in [-0.39, 0.29) is 59.3 Å². The second-order valence-corrected chi connectivity index (χ2v) is 13.3. The van der Waals surface area contributed by atoms with Crippen molar-refractivity contribution in [2.24, 2.45) is 58.2 Å². The van der Waals surface area contributed by atoms with Gasteiger partial charge in [-0.25, -0.2) is 0 Å². The second kappa shape index (κ2) is 7.96. The Kier molecular flexibility index (Phi) is 5.40. The molecule has 6 bridgehead atoms. The molecule has 0 aromatic carbocycles. The molecular formula is C28H42O5. The summed E-state index contributed by atoms with van der Waals surface area (Å²) in [6.07, 6.45) is 11.7. The van der Waals surface area contributed by atoms with Crippen LogP contribution < -0.4 is 0 Å². The fourth-order valence-electron chi connectivity index (χ4n) is 9.47.